The van der Waals surface area contributed by atoms with E-state index in [4.69, 9.17) is 23.7 Å². The Morgan fingerprint density at radius 1 is 0.430 bits per heavy atom. The minimum Gasteiger partial charge on any atom is -0.479 e. The summed E-state index contributed by atoms with van der Waals surface area (Å²) in [6, 6.07) is 0. The Balaban J connectivity index is 2.73. The molecule has 79 heavy (non-hydrogen) atoms. The molecule has 0 bridgehead atoms. The van der Waals surface area contributed by atoms with Crippen molar-refractivity contribution in [3.05, 3.63) is 122 Å². The van der Waals surface area contributed by atoms with Crippen LogP contribution in [0.4, 0.5) is 0 Å². The molecule has 1 rings (SSSR count). The summed E-state index contributed by atoms with van der Waals surface area (Å²) in [6.45, 7) is 5.67. The highest BCUT2D eigenvalue weighted by molar-refractivity contribution is 5.74. The van der Waals surface area contributed by atoms with E-state index in [0.717, 1.165) is 77.0 Å². The van der Waals surface area contributed by atoms with Crippen LogP contribution in [0.25, 0.3) is 0 Å². The second kappa shape index (κ2) is 53.7. The van der Waals surface area contributed by atoms with E-state index in [-0.39, 0.29) is 25.9 Å². The van der Waals surface area contributed by atoms with Crippen molar-refractivity contribution >= 4 is 23.9 Å². The molecule has 6 unspecified atom stereocenters. The molecule has 6 atom stereocenters. The summed E-state index contributed by atoms with van der Waals surface area (Å²) in [6.07, 6.45) is 61.9. The van der Waals surface area contributed by atoms with Gasteiger partial charge >= 0.3 is 23.9 Å². The first-order valence-electron chi connectivity index (χ1n) is 30.5. The molecule has 0 radical (unpaired) electrons. The molecule has 0 spiro atoms. The Bertz CT molecular complexity index is 1840. The summed E-state index contributed by atoms with van der Waals surface area (Å²) in [5, 5.41) is 31.5. The fraction of sp³-hybridized carbons (Fsp3) is 0.642. The van der Waals surface area contributed by atoms with Crippen LogP contribution in [0.3, 0.4) is 0 Å². The molecule has 1 heterocycles. The highest BCUT2D eigenvalue weighted by Gasteiger charge is 2.50. The molecule has 0 aromatic carbocycles. The lowest BCUT2D eigenvalue weighted by Gasteiger charge is -2.40. The molecule has 0 saturated carbocycles. The monoisotopic (exact) mass is 1100 g/mol. The van der Waals surface area contributed by atoms with E-state index in [0.29, 0.717) is 32.1 Å². The zero-order chi connectivity index (χ0) is 57.5. The second-order valence-corrected chi connectivity index (χ2v) is 20.2. The van der Waals surface area contributed by atoms with Crippen LogP contribution >= 0.6 is 0 Å². The van der Waals surface area contributed by atoms with Crippen molar-refractivity contribution < 1.29 is 58.2 Å². The van der Waals surface area contributed by atoms with Crippen LogP contribution in [0.15, 0.2) is 122 Å². The quantitative estimate of drug-likeness (QED) is 0.0228. The van der Waals surface area contributed by atoms with Crippen molar-refractivity contribution in [1.29, 1.82) is 0 Å². The van der Waals surface area contributed by atoms with Gasteiger partial charge in [-0.15, -0.1) is 0 Å². The molecule has 1 aliphatic heterocycles. The second-order valence-electron chi connectivity index (χ2n) is 20.2. The standard InChI is InChI=1S/C67H106O12/c1-4-7-10-13-16-19-22-25-27-29-30-32-33-36-38-41-44-47-50-53-59(68)75-56-58(77-60(69)54-51-48-45-42-39-35-24-21-18-15-12-9-6-3)57-76-67-65(63(72)62(71)64(79-67)66(73)74)78-61(70)55-52-49-46-43-40-37-34-31-28-26-23-20-17-14-11-8-5-2/h8-9,11-12,17-18,20-21,25-28,34-35,37,39,43,45-46,48,58,62-65,67,71-72H,4-7,10,13-16,19,22-24,29-33,36,38,40-42,44,47,49-57H2,1-3H3,(H,73,74)/b11-8-,12-9-,20-17-,21-18-,27-25-,28-26-,37-34-,39-35-,46-43-,48-45-. The third-order valence-corrected chi connectivity index (χ3v) is 13.0. The number of ether oxygens (including phenoxy) is 5. The Kier molecular flexibility index (Phi) is 49.1. The van der Waals surface area contributed by atoms with Gasteiger partial charge < -0.3 is 39.0 Å². The van der Waals surface area contributed by atoms with Crippen molar-refractivity contribution in [3.8, 4) is 0 Å². The van der Waals surface area contributed by atoms with Gasteiger partial charge in [0.25, 0.3) is 0 Å². The summed E-state index contributed by atoms with van der Waals surface area (Å²) in [7, 11) is 0. The maximum atomic E-state index is 13.1. The van der Waals surface area contributed by atoms with Gasteiger partial charge in [0.2, 0.25) is 0 Å². The summed E-state index contributed by atoms with van der Waals surface area (Å²) >= 11 is 0. The number of aliphatic hydroxyl groups is 2. The molecule has 0 aliphatic carbocycles. The number of carbonyl (C=O) groups is 4. The van der Waals surface area contributed by atoms with Crippen molar-refractivity contribution in [1.82, 2.24) is 0 Å². The number of carboxylic acid groups (broad SMARTS) is 1. The van der Waals surface area contributed by atoms with Gasteiger partial charge in [0, 0.05) is 19.3 Å². The van der Waals surface area contributed by atoms with E-state index in [1.165, 1.54) is 77.0 Å². The van der Waals surface area contributed by atoms with Gasteiger partial charge in [-0.25, -0.2) is 4.79 Å². The van der Waals surface area contributed by atoms with Crippen LogP contribution in [0.1, 0.15) is 226 Å². The van der Waals surface area contributed by atoms with Crippen LogP contribution in [-0.4, -0.2) is 89.2 Å². The van der Waals surface area contributed by atoms with Gasteiger partial charge in [-0.2, -0.15) is 0 Å². The number of aliphatic hydroxyl groups excluding tert-OH is 2. The molecule has 446 valence electrons. The van der Waals surface area contributed by atoms with Gasteiger partial charge in [0.05, 0.1) is 6.61 Å². The molecular formula is C67H106O12. The average molecular weight is 1100 g/mol. The maximum Gasteiger partial charge on any atom is 0.335 e. The maximum absolute atomic E-state index is 13.1. The highest BCUT2D eigenvalue weighted by Crippen LogP contribution is 2.26. The molecule has 0 aromatic heterocycles. The van der Waals surface area contributed by atoms with Crippen molar-refractivity contribution in [2.45, 2.75) is 263 Å². The van der Waals surface area contributed by atoms with Crippen LogP contribution in [0.5, 0.6) is 0 Å². The molecule has 0 aromatic rings. The Labute approximate surface area is 478 Å². The van der Waals surface area contributed by atoms with Crippen LogP contribution in [0.2, 0.25) is 0 Å². The fourth-order valence-electron chi connectivity index (χ4n) is 8.41. The molecule has 12 nitrogen and oxygen atoms in total. The van der Waals surface area contributed by atoms with Gasteiger partial charge in [-0.3, -0.25) is 14.4 Å². The molecule has 3 N–H and O–H groups in total. The van der Waals surface area contributed by atoms with Gasteiger partial charge in [0.1, 0.15) is 18.8 Å². The number of hydrogen-bond acceptors (Lipinski definition) is 11. The minimum absolute atomic E-state index is 0.0289. The van der Waals surface area contributed by atoms with E-state index in [1.54, 1.807) is 0 Å². The number of carboxylic acids is 1. The number of allylic oxidation sites excluding steroid dienone is 20. The zero-order valence-electron chi connectivity index (χ0n) is 49.1. The van der Waals surface area contributed by atoms with Crippen LogP contribution < -0.4 is 0 Å². The average Bonchev–Trinajstić information content (AvgIpc) is 3.46. The zero-order valence-corrected chi connectivity index (χ0v) is 49.1. The van der Waals surface area contributed by atoms with Crippen molar-refractivity contribution in [2.24, 2.45) is 0 Å². The van der Waals surface area contributed by atoms with Crippen LogP contribution in [0, 0.1) is 0 Å². The van der Waals surface area contributed by atoms with E-state index >= 15 is 0 Å². The number of rotatable bonds is 50. The fourth-order valence-corrected chi connectivity index (χ4v) is 8.41. The van der Waals surface area contributed by atoms with Crippen LogP contribution in [-0.2, 0) is 42.9 Å². The highest BCUT2D eigenvalue weighted by atomic mass is 16.7. The number of aliphatic carboxylic acids is 1. The molecule has 12 heteroatoms. The summed E-state index contributed by atoms with van der Waals surface area (Å²) in [4.78, 5) is 51.1. The minimum atomic E-state index is -1.94. The van der Waals surface area contributed by atoms with Crippen molar-refractivity contribution in [3.63, 3.8) is 0 Å². The van der Waals surface area contributed by atoms with Gasteiger partial charge in [-0.1, -0.05) is 219 Å². The normalized spacial score (nSPS) is 18.7. The van der Waals surface area contributed by atoms with E-state index in [9.17, 15) is 34.5 Å². The smallest absolute Gasteiger partial charge is 0.335 e. The molecule has 1 aliphatic rings. The number of hydrogen-bond donors (Lipinski definition) is 3. The summed E-state index contributed by atoms with van der Waals surface area (Å²) in [5.74, 6) is -3.32. The largest absolute Gasteiger partial charge is 0.479 e. The first-order valence-corrected chi connectivity index (χ1v) is 30.5. The lowest BCUT2D eigenvalue weighted by atomic mass is 9.98. The Hall–Kier alpha value is -4.88. The molecule has 1 fully saturated rings. The first kappa shape index (κ1) is 72.1. The Morgan fingerprint density at radius 3 is 1.32 bits per heavy atom. The summed E-state index contributed by atoms with van der Waals surface area (Å²) < 4.78 is 28.3. The SMILES string of the molecule is CC/C=C\C/C=C\C/C=C\C/C=C\C/C=C\CCCC(=O)OC1C(OCC(COC(=O)CCCCCCCCCCC/C=C\CCCCCCCC)OC(=O)CC/C=C\C/C=C\C/C=C\C/C=C\CC)OC(C(=O)O)C(O)C1O. The van der Waals surface area contributed by atoms with Gasteiger partial charge in [-0.05, 0) is 109 Å². The third-order valence-electron chi connectivity index (χ3n) is 13.0. The lowest BCUT2D eigenvalue weighted by molar-refractivity contribution is -0.301. The number of esters is 3. The molecule has 1 saturated heterocycles. The summed E-state index contributed by atoms with van der Waals surface area (Å²) in [5.41, 5.74) is 0. The lowest BCUT2D eigenvalue weighted by Crippen LogP contribution is -2.61. The molecular weight excluding hydrogens is 997 g/mol. The van der Waals surface area contributed by atoms with E-state index in [2.05, 4.69) is 118 Å². The van der Waals surface area contributed by atoms with E-state index in [1.807, 2.05) is 24.3 Å². The van der Waals surface area contributed by atoms with E-state index < -0.39 is 67.3 Å². The first-order chi connectivity index (χ1) is 38.6. The predicted octanol–water partition coefficient (Wildman–Crippen LogP) is 16.0. The number of carbonyl (C=O) groups excluding carboxylic acids is 3. The molecule has 0 amide bonds. The third kappa shape index (κ3) is 43.6. The van der Waals surface area contributed by atoms with Crippen molar-refractivity contribution in [2.75, 3.05) is 13.2 Å². The Morgan fingerprint density at radius 2 is 0.835 bits per heavy atom. The van der Waals surface area contributed by atoms with Gasteiger partial charge in [0.15, 0.2) is 24.6 Å². The number of unbranched alkanes of at least 4 members (excludes halogenated alkanes) is 16. The predicted molar refractivity (Wildman–Crippen MR) is 321 cm³/mol. The topological polar surface area (TPSA) is 175 Å².